The molecule has 0 spiro atoms. The zero-order valence-corrected chi connectivity index (χ0v) is 12.8. The van der Waals surface area contributed by atoms with Gasteiger partial charge in [0.1, 0.15) is 0 Å². The van der Waals surface area contributed by atoms with E-state index in [1.54, 1.807) is 4.90 Å². The van der Waals surface area contributed by atoms with Crippen LogP contribution in [0.15, 0.2) is 24.3 Å². The summed E-state index contributed by atoms with van der Waals surface area (Å²) in [7, 11) is 0. The van der Waals surface area contributed by atoms with Crippen LogP contribution < -0.4 is 5.32 Å². The van der Waals surface area contributed by atoms with Crippen molar-refractivity contribution in [1.29, 1.82) is 0 Å². The Balaban J connectivity index is 1.92. The number of hydrogen-bond acceptors (Lipinski definition) is 2. The Hall–Kier alpha value is -1.55. The summed E-state index contributed by atoms with van der Waals surface area (Å²) in [5.41, 5.74) is 2.32. The van der Waals surface area contributed by atoms with Crippen molar-refractivity contribution in [3.63, 3.8) is 0 Å². The summed E-state index contributed by atoms with van der Waals surface area (Å²) < 4.78 is 0. The second kappa shape index (κ2) is 8.03. The maximum absolute atomic E-state index is 12.3. The highest BCUT2D eigenvalue weighted by Crippen LogP contribution is 2.29. The highest BCUT2D eigenvalue weighted by Gasteiger charge is 2.29. The highest BCUT2D eigenvalue weighted by molar-refractivity contribution is 5.75. The molecule has 21 heavy (non-hydrogen) atoms. The molecule has 4 nitrogen and oxygen atoms in total. The van der Waals surface area contributed by atoms with E-state index in [-0.39, 0.29) is 18.7 Å². The largest absolute Gasteiger partial charge is 0.394 e. The number of fused-ring (bicyclic) bond motifs is 1. The Kier molecular flexibility index (Phi) is 6.05. The molecule has 0 fully saturated rings. The summed E-state index contributed by atoms with van der Waals surface area (Å²) in [6.45, 7) is 3.54. The predicted octanol–water partition coefficient (Wildman–Crippen LogP) is 2.87. The molecule has 1 aliphatic heterocycles. The number of nitrogens with one attached hydrogen (secondary N) is 1. The smallest absolute Gasteiger partial charge is 0.318 e. The summed E-state index contributed by atoms with van der Waals surface area (Å²) in [6.07, 6.45) is 5.45. The van der Waals surface area contributed by atoms with Gasteiger partial charge in [-0.05, 0) is 24.0 Å². The molecule has 1 aromatic rings. The van der Waals surface area contributed by atoms with Gasteiger partial charge in [0.2, 0.25) is 0 Å². The van der Waals surface area contributed by atoms with Gasteiger partial charge in [0, 0.05) is 13.1 Å². The average Bonchev–Trinajstić information content (AvgIpc) is 2.53. The van der Waals surface area contributed by atoms with Crippen LogP contribution in [0.2, 0.25) is 0 Å². The summed E-state index contributed by atoms with van der Waals surface area (Å²) in [5.74, 6) is 0. The molecule has 0 saturated carbocycles. The quantitative estimate of drug-likeness (QED) is 0.792. The van der Waals surface area contributed by atoms with E-state index >= 15 is 0 Å². The number of benzene rings is 1. The van der Waals surface area contributed by atoms with Crippen LogP contribution >= 0.6 is 0 Å². The van der Waals surface area contributed by atoms with Crippen LogP contribution in [-0.2, 0) is 6.42 Å². The van der Waals surface area contributed by atoms with Crippen LogP contribution in [0.1, 0.15) is 49.8 Å². The van der Waals surface area contributed by atoms with Gasteiger partial charge in [0.25, 0.3) is 0 Å². The standard InChI is InChI=1S/C17H26N2O2/c1-2-3-4-7-11-18-17(21)19-12-10-14-8-5-6-9-15(14)16(19)13-20/h5-6,8-9,16,20H,2-4,7,10-13H2,1H3,(H,18,21). The van der Waals surface area contributed by atoms with E-state index in [9.17, 15) is 9.90 Å². The minimum Gasteiger partial charge on any atom is -0.394 e. The number of aliphatic hydroxyl groups excluding tert-OH is 1. The zero-order valence-electron chi connectivity index (χ0n) is 12.8. The fourth-order valence-electron chi connectivity index (χ4n) is 2.94. The first kappa shape index (κ1) is 15.8. The molecule has 1 aliphatic rings. The van der Waals surface area contributed by atoms with Gasteiger partial charge >= 0.3 is 6.03 Å². The molecule has 0 saturated heterocycles. The fraction of sp³-hybridized carbons (Fsp3) is 0.588. The van der Waals surface area contributed by atoms with Crippen molar-refractivity contribution in [3.05, 3.63) is 35.4 Å². The monoisotopic (exact) mass is 290 g/mol. The fourth-order valence-corrected chi connectivity index (χ4v) is 2.94. The van der Waals surface area contributed by atoms with E-state index in [2.05, 4.69) is 18.3 Å². The van der Waals surface area contributed by atoms with Crippen molar-refractivity contribution in [2.24, 2.45) is 0 Å². The lowest BCUT2D eigenvalue weighted by atomic mass is 9.93. The number of aliphatic hydroxyl groups is 1. The lowest BCUT2D eigenvalue weighted by molar-refractivity contribution is 0.127. The second-order valence-electron chi connectivity index (χ2n) is 5.63. The number of carbonyl (C=O) groups is 1. The van der Waals surface area contributed by atoms with Gasteiger partial charge in [-0.3, -0.25) is 0 Å². The Labute approximate surface area is 127 Å². The van der Waals surface area contributed by atoms with E-state index in [4.69, 9.17) is 0 Å². The molecule has 4 heteroatoms. The number of unbranched alkanes of at least 4 members (excludes halogenated alkanes) is 3. The van der Waals surface area contributed by atoms with Crippen LogP contribution in [-0.4, -0.2) is 35.7 Å². The van der Waals surface area contributed by atoms with Crippen molar-refractivity contribution < 1.29 is 9.90 Å². The lowest BCUT2D eigenvalue weighted by Crippen LogP contribution is -2.47. The van der Waals surface area contributed by atoms with Crippen LogP contribution in [0, 0.1) is 0 Å². The van der Waals surface area contributed by atoms with Crippen LogP contribution in [0.3, 0.4) is 0 Å². The van der Waals surface area contributed by atoms with Crippen molar-refractivity contribution in [2.45, 2.75) is 45.1 Å². The number of carbonyl (C=O) groups excluding carboxylic acids is 1. The first-order valence-corrected chi connectivity index (χ1v) is 8.01. The molecule has 2 rings (SSSR count). The number of urea groups is 1. The summed E-state index contributed by atoms with van der Waals surface area (Å²) >= 11 is 0. The third kappa shape index (κ3) is 3.97. The first-order valence-electron chi connectivity index (χ1n) is 8.01. The van der Waals surface area contributed by atoms with Crippen LogP contribution in [0.25, 0.3) is 0 Å². The minimum absolute atomic E-state index is 0.0275. The van der Waals surface area contributed by atoms with Gasteiger partial charge in [0.15, 0.2) is 0 Å². The molecule has 1 unspecified atom stereocenters. The number of hydrogen-bond donors (Lipinski definition) is 2. The van der Waals surface area contributed by atoms with Crippen molar-refractivity contribution in [3.8, 4) is 0 Å². The SMILES string of the molecule is CCCCCCNC(=O)N1CCc2ccccc2C1CO. The van der Waals surface area contributed by atoms with Crippen LogP contribution in [0.4, 0.5) is 4.79 Å². The average molecular weight is 290 g/mol. The molecule has 0 radical (unpaired) electrons. The maximum atomic E-state index is 12.3. The minimum atomic E-state index is -0.217. The Morgan fingerprint density at radius 1 is 1.33 bits per heavy atom. The Morgan fingerprint density at radius 3 is 2.90 bits per heavy atom. The van der Waals surface area contributed by atoms with Crippen molar-refractivity contribution in [1.82, 2.24) is 10.2 Å². The molecular formula is C17H26N2O2. The van der Waals surface area contributed by atoms with Crippen molar-refractivity contribution >= 4 is 6.03 Å². The molecule has 2 N–H and O–H groups in total. The molecule has 1 atom stereocenters. The summed E-state index contributed by atoms with van der Waals surface area (Å²) in [6, 6.07) is 7.80. The molecule has 0 aliphatic carbocycles. The molecule has 116 valence electrons. The van der Waals surface area contributed by atoms with E-state index in [1.165, 1.54) is 18.4 Å². The van der Waals surface area contributed by atoms with E-state index in [0.717, 1.165) is 31.4 Å². The molecule has 0 bridgehead atoms. The van der Waals surface area contributed by atoms with Gasteiger partial charge in [-0.15, -0.1) is 0 Å². The zero-order chi connectivity index (χ0) is 15.1. The van der Waals surface area contributed by atoms with Gasteiger partial charge in [-0.1, -0.05) is 50.5 Å². The van der Waals surface area contributed by atoms with E-state index in [0.29, 0.717) is 6.54 Å². The Bertz CT molecular complexity index is 462. The number of nitrogens with zero attached hydrogens (tertiary/aromatic N) is 1. The lowest BCUT2D eigenvalue weighted by Gasteiger charge is -2.36. The highest BCUT2D eigenvalue weighted by atomic mass is 16.3. The molecular weight excluding hydrogens is 264 g/mol. The van der Waals surface area contributed by atoms with Gasteiger partial charge in [-0.2, -0.15) is 0 Å². The maximum Gasteiger partial charge on any atom is 0.318 e. The second-order valence-corrected chi connectivity index (χ2v) is 5.63. The molecule has 2 amide bonds. The molecule has 1 aromatic carbocycles. The molecule has 0 aromatic heterocycles. The molecule has 1 heterocycles. The normalized spacial score (nSPS) is 17.4. The summed E-state index contributed by atoms with van der Waals surface area (Å²) in [5, 5.41) is 12.7. The third-order valence-electron chi connectivity index (χ3n) is 4.15. The van der Waals surface area contributed by atoms with E-state index in [1.807, 2.05) is 18.2 Å². The van der Waals surface area contributed by atoms with E-state index < -0.39 is 0 Å². The van der Waals surface area contributed by atoms with Gasteiger partial charge in [0.05, 0.1) is 12.6 Å². The van der Waals surface area contributed by atoms with Gasteiger partial charge < -0.3 is 15.3 Å². The van der Waals surface area contributed by atoms with Gasteiger partial charge in [-0.25, -0.2) is 4.79 Å². The number of rotatable bonds is 6. The predicted molar refractivity (Wildman–Crippen MR) is 84.2 cm³/mol. The first-order chi connectivity index (χ1) is 10.3. The Morgan fingerprint density at radius 2 is 2.14 bits per heavy atom. The third-order valence-corrected chi connectivity index (χ3v) is 4.15. The topological polar surface area (TPSA) is 52.6 Å². The van der Waals surface area contributed by atoms with Crippen LogP contribution in [0.5, 0.6) is 0 Å². The summed E-state index contributed by atoms with van der Waals surface area (Å²) in [4.78, 5) is 14.1. The number of amides is 2. The van der Waals surface area contributed by atoms with Crippen molar-refractivity contribution in [2.75, 3.05) is 19.7 Å².